The van der Waals surface area contributed by atoms with E-state index < -0.39 is 11.9 Å². The molecule has 0 aliphatic carbocycles. The van der Waals surface area contributed by atoms with Crippen LogP contribution < -0.4 is 0 Å². The highest BCUT2D eigenvalue weighted by Crippen LogP contribution is 2.29. The molecule has 2 aromatic heterocycles. The Morgan fingerprint density at radius 2 is 2.00 bits per heavy atom. The standard InChI is InChI=1S/C8H4F3N3O/c9-8(10,11)5-2-1-3-6-12-13-7(4-15)14(5)6/h1-4H. The Bertz CT molecular complexity index is 517. The van der Waals surface area contributed by atoms with Crippen molar-refractivity contribution in [3.63, 3.8) is 0 Å². The van der Waals surface area contributed by atoms with E-state index in [0.29, 0.717) is 4.40 Å². The number of halogens is 3. The maximum absolute atomic E-state index is 12.5. The molecule has 2 rings (SSSR count). The second-order valence-corrected chi connectivity index (χ2v) is 2.78. The van der Waals surface area contributed by atoms with Crippen LogP contribution in [0.5, 0.6) is 0 Å². The zero-order chi connectivity index (χ0) is 11.1. The quantitative estimate of drug-likeness (QED) is 0.678. The SMILES string of the molecule is O=Cc1nnc2cccc(C(F)(F)F)n12. The average molecular weight is 215 g/mol. The van der Waals surface area contributed by atoms with Gasteiger partial charge in [0.05, 0.1) is 0 Å². The minimum atomic E-state index is -4.54. The lowest BCUT2D eigenvalue weighted by atomic mass is 10.3. The Kier molecular flexibility index (Phi) is 1.95. The molecule has 0 spiro atoms. The van der Waals surface area contributed by atoms with Gasteiger partial charge >= 0.3 is 6.18 Å². The summed E-state index contributed by atoms with van der Waals surface area (Å²) in [6.07, 6.45) is -4.31. The summed E-state index contributed by atoms with van der Waals surface area (Å²) in [5.41, 5.74) is -0.973. The van der Waals surface area contributed by atoms with E-state index in [1.165, 1.54) is 12.1 Å². The molecule has 15 heavy (non-hydrogen) atoms. The number of aldehydes is 1. The van der Waals surface area contributed by atoms with Crippen molar-refractivity contribution >= 4 is 11.9 Å². The molecule has 0 amide bonds. The topological polar surface area (TPSA) is 47.3 Å². The number of hydrogen-bond acceptors (Lipinski definition) is 3. The van der Waals surface area contributed by atoms with Gasteiger partial charge in [-0.2, -0.15) is 13.2 Å². The monoisotopic (exact) mass is 215 g/mol. The molecule has 0 saturated carbocycles. The van der Waals surface area contributed by atoms with Gasteiger partial charge < -0.3 is 0 Å². The van der Waals surface area contributed by atoms with Crippen LogP contribution in [-0.4, -0.2) is 20.9 Å². The second kappa shape index (κ2) is 3.04. The van der Waals surface area contributed by atoms with E-state index in [1.807, 2.05) is 0 Å². The number of pyridine rings is 1. The minimum absolute atomic E-state index is 0.00748. The van der Waals surface area contributed by atoms with Crippen molar-refractivity contribution in [1.29, 1.82) is 0 Å². The van der Waals surface area contributed by atoms with Crippen molar-refractivity contribution in [3.8, 4) is 0 Å². The molecule has 7 heteroatoms. The molecule has 2 heterocycles. The Balaban J connectivity index is 2.84. The third-order valence-electron chi connectivity index (χ3n) is 1.85. The van der Waals surface area contributed by atoms with Gasteiger partial charge in [-0.25, -0.2) is 0 Å². The smallest absolute Gasteiger partial charge is 0.294 e. The number of alkyl halides is 3. The van der Waals surface area contributed by atoms with Gasteiger partial charge in [0.2, 0.25) is 5.82 Å². The molecule has 0 aliphatic rings. The average Bonchev–Trinajstić information content (AvgIpc) is 2.58. The van der Waals surface area contributed by atoms with Crippen LogP contribution in [0.25, 0.3) is 5.65 Å². The first-order valence-corrected chi connectivity index (χ1v) is 3.90. The van der Waals surface area contributed by atoms with Gasteiger partial charge in [0.1, 0.15) is 5.69 Å². The van der Waals surface area contributed by atoms with E-state index >= 15 is 0 Å². The van der Waals surface area contributed by atoms with E-state index in [-0.39, 0.29) is 17.8 Å². The largest absolute Gasteiger partial charge is 0.431 e. The van der Waals surface area contributed by atoms with Crippen LogP contribution in [0, 0.1) is 0 Å². The Morgan fingerprint density at radius 1 is 1.27 bits per heavy atom. The van der Waals surface area contributed by atoms with Gasteiger partial charge in [-0.1, -0.05) is 6.07 Å². The van der Waals surface area contributed by atoms with E-state index in [1.54, 1.807) is 0 Å². The first-order chi connectivity index (χ1) is 7.04. The predicted molar refractivity (Wildman–Crippen MR) is 43.4 cm³/mol. The molecule has 0 atom stereocenters. The molecule has 0 fully saturated rings. The normalized spacial score (nSPS) is 11.9. The number of hydrogen-bond donors (Lipinski definition) is 0. The van der Waals surface area contributed by atoms with E-state index in [9.17, 15) is 18.0 Å². The first-order valence-electron chi connectivity index (χ1n) is 3.90. The summed E-state index contributed by atoms with van der Waals surface area (Å²) >= 11 is 0. The van der Waals surface area contributed by atoms with Gasteiger partial charge in [-0.3, -0.25) is 9.20 Å². The van der Waals surface area contributed by atoms with Crippen LogP contribution in [-0.2, 0) is 6.18 Å². The second-order valence-electron chi connectivity index (χ2n) is 2.78. The fraction of sp³-hybridized carbons (Fsp3) is 0.125. The number of rotatable bonds is 1. The summed E-state index contributed by atoms with van der Waals surface area (Å²) < 4.78 is 38.2. The fourth-order valence-corrected chi connectivity index (χ4v) is 1.26. The molecule has 0 N–H and O–H groups in total. The molecule has 2 aromatic rings. The van der Waals surface area contributed by atoms with Gasteiger partial charge in [0, 0.05) is 0 Å². The molecule has 0 aliphatic heterocycles. The Hall–Kier alpha value is -1.92. The van der Waals surface area contributed by atoms with Crippen molar-refractivity contribution in [3.05, 3.63) is 29.7 Å². The number of carbonyl (C=O) groups is 1. The lowest BCUT2D eigenvalue weighted by Crippen LogP contribution is -2.12. The summed E-state index contributed by atoms with van der Waals surface area (Å²) in [6, 6.07) is 3.42. The molecule has 0 aromatic carbocycles. The van der Waals surface area contributed by atoms with Gasteiger partial charge in [-0.15, -0.1) is 10.2 Å². The van der Waals surface area contributed by atoms with Gasteiger partial charge in [-0.05, 0) is 12.1 Å². The van der Waals surface area contributed by atoms with Crippen LogP contribution in [0.1, 0.15) is 16.3 Å². The first kappa shape index (κ1) is 9.63. The molecule has 4 nitrogen and oxygen atoms in total. The predicted octanol–water partition coefficient (Wildman–Crippen LogP) is 1.56. The van der Waals surface area contributed by atoms with Crippen LogP contribution >= 0.6 is 0 Å². The maximum atomic E-state index is 12.5. The maximum Gasteiger partial charge on any atom is 0.431 e. The number of aromatic nitrogens is 3. The number of nitrogens with zero attached hydrogens (tertiary/aromatic N) is 3. The van der Waals surface area contributed by atoms with Crippen molar-refractivity contribution in [1.82, 2.24) is 14.6 Å². The number of carbonyl (C=O) groups excluding carboxylic acids is 1. The zero-order valence-electron chi connectivity index (χ0n) is 7.19. The lowest BCUT2D eigenvalue weighted by Gasteiger charge is -2.08. The molecular formula is C8H4F3N3O. The van der Waals surface area contributed by atoms with Crippen LogP contribution in [0.3, 0.4) is 0 Å². The van der Waals surface area contributed by atoms with Crippen molar-refractivity contribution in [2.75, 3.05) is 0 Å². The summed E-state index contributed by atoms with van der Waals surface area (Å²) in [7, 11) is 0. The molecule has 0 radical (unpaired) electrons. The van der Waals surface area contributed by atoms with Crippen LogP contribution in [0.15, 0.2) is 18.2 Å². The van der Waals surface area contributed by atoms with Crippen LogP contribution in [0.4, 0.5) is 13.2 Å². The number of fused-ring (bicyclic) bond motifs is 1. The highest BCUT2D eigenvalue weighted by Gasteiger charge is 2.34. The Morgan fingerprint density at radius 3 is 2.60 bits per heavy atom. The van der Waals surface area contributed by atoms with Crippen molar-refractivity contribution in [2.24, 2.45) is 0 Å². The zero-order valence-corrected chi connectivity index (χ0v) is 7.19. The highest BCUT2D eigenvalue weighted by atomic mass is 19.4. The highest BCUT2D eigenvalue weighted by molar-refractivity contribution is 5.71. The van der Waals surface area contributed by atoms with E-state index in [2.05, 4.69) is 10.2 Å². The molecule has 78 valence electrons. The molecule has 0 bridgehead atoms. The summed E-state index contributed by atoms with van der Waals surface area (Å²) in [5, 5.41) is 6.78. The lowest BCUT2D eigenvalue weighted by molar-refractivity contribution is -0.142. The third kappa shape index (κ3) is 1.45. The van der Waals surface area contributed by atoms with Gasteiger partial charge in [0.25, 0.3) is 0 Å². The summed E-state index contributed by atoms with van der Waals surface area (Å²) in [5.74, 6) is -0.363. The van der Waals surface area contributed by atoms with Crippen LogP contribution in [0.2, 0.25) is 0 Å². The summed E-state index contributed by atoms with van der Waals surface area (Å²) in [6.45, 7) is 0. The molecular weight excluding hydrogens is 211 g/mol. The fourth-order valence-electron chi connectivity index (χ4n) is 1.26. The third-order valence-corrected chi connectivity index (χ3v) is 1.85. The molecule has 0 unspecified atom stereocenters. The van der Waals surface area contributed by atoms with E-state index in [0.717, 1.165) is 6.07 Å². The van der Waals surface area contributed by atoms with Gasteiger partial charge in [0.15, 0.2) is 11.9 Å². The van der Waals surface area contributed by atoms with Crippen molar-refractivity contribution in [2.45, 2.75) is 6.18 Å². The minimum Gasteiger partial charge on any atom is -0.294 e. The van der Waals surface area contributed by atoms with Crippen molar-refractivity contribution < 1.29 is 18.0 Å². The Labute approximate surface area is 81.3 Å². The molecule has 0 saturated heterocycles. The summed E-state index contributed by atoms with van der Waals surface area (Å²) in [4.78, 5) is 10.5. The van der Waals surface area contributed by atoms with E-state index in [4.69, 9.17) is 0 Å².